The number of piperidine rings is 1. The molecule has 88 valence electrons. The third-order valence-corrected chi connectivity index (χ3v) is 2.83. The molecule has 1 heterocycles. The van der Waals surface area contributed by atoms with Crippen molar-refractivity contribution in [1.82, 2.24) is 10.6 Å². The summed E-state index contributed by atoms with van der Waals surface area (Å²) in [6.07, 6.45) is 3.49. The van der Waals surface area contributed by atoms with Gasteiger partial charge in [0.2, 0.25) is 5.91 Å². The van der Waals surface area contributed by atoms with E-state index in [2.05, 4.69) is 10.6 Å². The van der Waals surface area contributed by atoms with E-state index in [-0.39, 0.29) is 5.91 Å². The van der Waals surface area contributed by atoms with Crippen LogP contribution in [-0.4, -0.2) is 36.8 Å². The van der Waals surface area contributed by atoms with Crippen LogP contribution in [0.3, 0.4) is 0 Å². The van der Waals surface area contributed by atoms with Gasteiger partial charge < -0.3 is 15.7 Å². The van der Waals surface area contributed by atoms with E-state index in [9.17, 15) is 4.79 Å². The zero-order valence-corrected chi connectivity index (χ0v) is 9.46. The molecule has 15 heavy (non-hydrogen) atoms. The molecule has 1 unspecified atom stereocenters. The lowest BCUT2D eigenvalue weighted by atomic mass is 9.93. The second-order valence-electron chi connectivity index (χ2n) is 4.39. The summed E-state index contributed by atoms with van der Waals surface area (Å²) < 4.78 is 0. The van der Waals surface area contributed by atoms with Gasteiger partial charge in [-0.05, 0) is 45.2 Å². The average Bonchev–Trinajstić information content (AvgIpc) is 2.25. The molecule has 0 aromatic rings. The second-order valence-corrected chi connectivity index (χ2v) is 4.39. The van der Waals surface area contributed by atoms with Crippen LogP contribution in [-0.2, 0) is 4.79 Å². The second kappa shape index (κ2) is 6.80. The van der Waals surface area contributed by atoms with E-state index >= 15 is 0 Å². The molecular formula is C11H22N2O2. The van der Waals surface area contributed by atoms with Crippen molar-refractivity contribution < 1.29 is 9.90 Å². The number of carbonyl (C=O) groups is 1. The summed E-state index contributed by atoms with van der Waals surface area (Å²) in [5, 5.41) is 15.0. The highest BCUT2D eigenvalue weighted by Gasteiger charge is 2.14. The standard InChI is InChI=1S/C11H22N2O2/c1-9(14)8-13-11(15)3-2-10-4-6-12-7-5-10/h9-10,12,14H,2-8H2,1H3,(H,13,15). The topological polar surface area (TPSA) is 61.4 Å². The van der Waals surface area contributed by atoms with Gasteiger partial charge in [0, 0.05) is 13.0 Å². The van der Waals surface area contributed by atoms with Crippen molar-refractivity contribution >= 4 is 5.91 Å². The van der Waals surface area contributed by atoms with E-state index in [1.54, 1.807) is 6.92 Å². The summed E-state index contributed by atoms with van der Waals surface area (Å²) in [4.78, 5) is 11.4. The van der Waals surface area contributed by atoms with Gasteiger partial charge >= 0.3 is 0 Å². The average molecular weight is 214 g/mol. The first-order chi connectivity index (χ1) is 7.18. The quantitative estimate of drug-likeness (QED) is 0.615. The maximum Gasteiger partial charge on any atom is 0.220 e. The van der Waals surface area contributed by atoms with E-state index in [4.69, 9.17) is 5.11 Å². The maximum absolute atomic E-state index is 11.4. The normalized spacial score (nSPS) is 19.9. The first-order valence-corrected chi connectivity index (χ1v) is 5.84. The van der Waals surface area contributed by atoms with E-state index in [0.29, 0.717) is 18.9 Å². The summed E-state index contributed by atoms with van der Waals surface area (Å²) in [6, 6.07) is 0. The molecule has 4 heteroatoms. The molecule has 1 fully saturated rings. The van der Waals surface area contributed by atoms with Crippen LogP contribution < -0.4 is 10.6 Å². The molecule has 0 spiro atoms. The van der Waals surface area contributed by atoms with Crippen LogP contribution in [0.4, 0.5) is 0 Å². The predicted octanol–water partition coefficient (Wildman–Crippen LogP) is 0.263. The smallest absolute Gasteiger partial charge is 0.220 e. The number of carbonyl (C=O) groups excluding carboxylic acids is 1. The van der Waals surface area contributed by atoms with Gasteiger partial charge in [-0.15, -0.1) is 0 Å². The number of hydrogen-bond acceptors (Lipinski definition) is 3. The van der Waals surface area contributed by atoms with Crippen LogP contribution in [0.1, 0.15) is 32.6 Å². The highest BCUT2D eigenvalue weighted by molar-refractivity contribution is 5.75. The Kier molecular flexibility index (Phi) is 5.65. The van der Waals surface area contributed by atoms with Crippen LogP contribution >= 0.6 is 0 Å². The van der Waals surface area contributed by atoms with Gasteiger partial charge in [0.15, 0.2) is 0 Å². The Bertz CT molecular complexity index is 189. The summed E-state index contributed by atoms with van der Waals surface area (Å²) in [5.41, 5.74) is 0. The molecular weight excluding hydrogens is 192 g/mol. The zero-order valence-electron chi connectivity index (χ0n) is 9.46. The van der Waals surface area contributed by atoms with Crippen LogP contribution in [0.2, 0.25) is 0 Å². The van der Waals surface area contributed by atoms with Gasteiger partial charge in [0.1, 0.15) is 0 Å². The maximum atomic E-state index is 11.4. The molecule has 0 aromatic heterocycles. The number of aliphatic hydroxyl groups excluding tert-OH is 1. The van der Waals surface area contributed by atoms with Crippen molar-refractivity contribution in [2.24, 2.45) is 5.92 Å². The van der Waals surface area contributed by atoms with Crippen LogP contribution in [0.25, 0.3) is 0 Å². The molecule has 0 aromatic carbocycles. The van der Waals surface area contributed by atoms with Gasteiger partial charge in [0.25, 0.3) is 0 Å². The molecule has 0 saturated carbocycles. The van der Waals surface area contributed by atoms with Gasteiger partial charge in [-0.1, -0.05) is 0 Å². The van der Waals surface area contributed by atoms with Crippen molar-refractivity contribution in [3.05, 3.63) is 0 Å². The van der Waals surface area contributed by atoms with E-state index in [1.165, 1.54) is 12.8 Å². The van der Waals surface area contributed by atoms with Crippen LogP contribution in [0.15, 0.2) is 0 Å². The molecule has 1 atom stereocenters. The molecule has 4 nitrogen and oxygen atoms in total. The fourth-order valence-corrected chi connectivity index (χ4v) is 1.86. The van der Waals surface area contributed by atoms with Gasteiger partial charge in [0.05, 0.1) is 6.10 Å². The minimum Gasteiger partial charge on any atom is -0.392 e. The number of aliphatic hydroxyl groups is 1. The molecule has 0 bridgehead atoms. The van der Waals surface area contributed by atoms with Gasteiger partial charge in [-0.2, -0.15) is 0 Å². The number of hydrogen-bond donors (Lipinski definition) is 3. The molecule has 1 amide bonds. The third kappa shape index (κ3) is 5.74. The highest BCUT2D eigenvalue weighted by Crippen LogP contribution is 2.17. The number of rotatable bonds is 5. The Morgan fingerprint density at radius 1 is 1.53 bits per heavy atom. The molecule has 3 N–H and O–H groups in total. The first-order valence-electron chi connectivity index (χ1n) is 5.84. The van der Waals surface area contributed by atoms with Crippen molar-refractivity contribution in [3.8, 4) is 0 Å². The zero-order chi connectivity index (χ0) is 11.1. The minimum atomic E-state index is -0.451. The lowest BCUT2D eigenvalue weighted by Gasteiger charge is -2.22. The van der Waals surface area contributed by atoms with E-state index in [1.807, 2.05) is 0 Å². The van der Waals surface area contributed by atoms with Crippen LogP contribution in [0, 0.1) is 5.92 Å². The van der Waals surface area contributed by atoms with Crippen molar-refractivity contribution in [1.29, 1.82) is 0 Å². The molecule has 0 radical (unpaired) electrons. The summed E-state index contributed by atoms with van der Waals surface area (Å²) >= 11 is 0. The Morgan fingerprint density at radius 3 is 2.80 bits per heavy atom. The molecule has 0 aliphatic carbocycles. The number of amides is 1. The summed E-state index contributed by atoms with van der Waals surface area (Å²) in [6.45, 7) is 4.21. The molecule has 1 aliphatic heterocycles. The van der Waals surface area contributed by atoms with Crippen molar-refractivity contribution in [2.45, 2.75) is 38.7 Å². The molecule has 1 rings (SSSR count). The third-order valence-electron chi connectivity index (χ3n) is 2.83. The Balaban J connectivity index is 2.05. The summed E-state index contributed by atoms with van der Waals surface area (Å²) in [5.74, 6) is 0.762. The SMILES string of the molecule is CC(O)CNC(=O)CCC1CCNCC1. The number of nitrogens with one attached hydrogen (secondary N) is 2. The van der Waals surface area contributed by atoms with Crippen LogP contribution in [0.5, 0.6) is 0 Å². The minimum absolute atomic E-state index is 0.0643. The Labute approximate surface area is 91.4 Å². The van der Waals surface area contributed by atoms with E-state index in [0.717, 1.165) is 19.5 Å². The first kappa shape index (κ1) is 12.5. The monoisotopic (exact) mass is 214 g/mol. The Hall–Kier alpha value is -0.610. The fraction of sp³-hybridized carbons (Fsp3) is 0.909. The van der Waals surface area contributed by atoms with E-state index < -0.39 is 6.10 Å². The predicted molar refractivity (Wildman–Crippen MR) is 59.5 cm³/mol. The lowest BCUT2D eigenvalue weighted by Crippen LogP contribution is -2.32. The lowest BCUT2D eigenvalue weighted by molar-refractivity contribution is -0.121. The largest absolute Gasteiger partial charge is 0.392 e. The van der Waals surface area contributed by atoms with Gasteiger partial charge in [-0.25, -0.2) is 0 Å². The summed E-state index contributed by atoms with van der Waals surface area (Å²) in [7, 11) is 0. The van der Waals surface area contributed by atoms with Crippen molar-refractivity contribution in [2.75, 3.05) is 19.6 Å². The molecule has 1 saturated heterocycles. The van der Waals surface area contributed by atoms with Gasteiger partial charge in [-0.3, -0.25) is 4.79 Å². The fourth-order valence-electron chi connectivity index (χ4n) is 1.86. The van der Waals surface area contributed by atoms with Crippen molar-refractivity contribution in [3.63, 3.8) is 0 Å². The Morgan fingerprint density at radius 2 is 2.20 bits per heavy atom. The highest BCUT2D eigenvalue weighted by atomic mass is 16.3. The molecule has 1 aliphatic rings.